The largest absolute Gasteiger partial charge is 0.497 e. The normalized spacial score (nSPS) is 23.1. The summed E-state index contributed by atoms with van der Waals surface area (Å²) in [5, 5.41) is 4.75. The van der Waals surface area contributed by atoms with Gasteiger partial charge in [-0.05, 0) is 38.3 Å². The van der Waals surface area contributed by atoms with E-state index in [0.29, 0.717) is 18.6 Å². The molecule has 0 radical (unpaired) electrons. The third-order valence-corrected chi connectivity index (χ3v) is 5.79. The van der Waals surface area contributed by atoms with Crippen molar-refractivity contribution in [2.45, 2.75) is 38.3 Å². The lowest BCUT2D eigenvalue weighted by Crippen LogP contribution is -2.41. The summed E-state index contributed by atoms with van der Waals surface area (Å²) in [4.78, 5) is 21.3. The summed E-state index contributed by atoms with van der Waals surface area (Å²) < 4.78 is 5.43. The lowest BCUT2D eigenvalue weighted by atomic mass is 10.1. The molecule has 1 aromatic heterocycles. The Morgan fingerprint density at radius 1 is 1.33 bits per heavy atom. The van der Waals surface area contributed by atoms with E-state index in [2.05, 4.69) is 28.2 Å². The van der Waals surface area contributed by atoms with Crippen molar-refractivity contribution in [1.29, 1.82) is 0 Å². The van der Waals surface area contributed by atoms with Gasteiger partial charge in [0.2, 0.25) is 5.91 Å². The van der Waals surface area contributed by atoms with Gasteiger partial charge in [-0.25, -0.2) is 0 Å². The van der Waals surface area contributed by atoms with E-state index in [1.165, 1.54) is 0 Å². The summed E-state index contributed by atoms with van der Waals surface area (Å²) in [6.07, 6.45) is 5.09. The van der Waals surface area contributed by atoms with Crippen molar-refractivity contribution in [2.75, 3.05) is 38.6 Å². The van der Waals surface area contributed by atoms with Gasteiger partial charge in [0.25, 0.3) is 0 Å². The molecule has 2 saturated heterocycles. The molecule has 2 aromatic rings. The molecule has 1 amide bonds. The first-order valence-corrected chi connectivity index (χ1v) is 9.85. The molecule has 1 N–H and O–H groups in total. The number of nitrogens with one attached hydrogen (secondary N) is 1. The van der Waals surface area contributed by atoms with Gasteiger partial charge in [-0.2, -0.15) is 0 Å². The van der Waals surface area contributed by atoms with E-state index in [1.54, 1.807) is 13.3 Å². The van der Waals surface area contributed by atoms with Gasteiger partial charge in [0.05, 0.1) is 19.2 Å². The van der Waals surface area contributed by atoms with Gasteiger partial charge in [-0.15, -0.1) is 0 Å². The Balaban J connectivity index is 1.41. The van der Waals surface area contributed by atoms with Crippen LogP contribution >= 0.6 is 0 Å². The van der Waals surface area contributed by atoms with Crippen LogP contribution in [0, 0.1) is 0 Å². The lowest BCUT2D eigenvalue weighted by Gasteiger charge is -2.25. The summed E-state index contributed by atoms with van der Waals surface area (Å²) in [5.41, 5.74) is 1.97. The quantitative estimate of drug-likeness (QED) is 0.879. The van der Waals surface area contributed by atoms with Crippen LogP contribution in [0.2, 0.25) is 0 Å². The maximum Gasteiger partial charge on any atom is 0.236 e. The summed E-state index contributed by atoms with van der Waals surface area (Å²) in [7, 11) is 1.68. The molecule has 0 spiro atoms. The van der Waals surface area contributed by atoms with E-state index in [9.17, 15) is 4.79 Å². The van der Waals surface area contributed by atoms with Crippen molar-refractivity contribution in [3.05, 3.63) is 30.5 Å². The molecule has 2 fully saturated rings. The molecular weight excluding hydrogens is 340 g/mol. The predicted octanol–water partition coefficient (Wildman–Crippen LogP) is 2.74. The fraction of sp³-hybridized carbons (Fsp3) is 0.524. The van der Waals surface area contributed by atoms with Crippen LogP contribution in [0.4, 0.5) is 5.69 Å². The topological polar surface area (TPSA) is 57.7 Å². The number of fused-ring (bicyclic) bond motifs is 1. The van der Waals surface area contributed by atoms with Crippen LogP contribution in [0.15, 0.2) is 30.5 Å². The summed E-state index contributed by atoms with van der Waals surface area (Å²) >= 11 is 0. The van der Waals surface area contributed by atoms with Gasteiger partial charge in [0.1, 0.15) is 5.75 Å². The number of carbonyl (C=O) groups is 1. The zero-order valence-electron chi connectivity index (χ0n) is 16.1. The van der Waals surface area contributed by atoms with E-state index in [0.717, 1.165) is 61.2 Å². The molecule has 0 aliphatic carbocycles. The average molecular weight is 368 g/mol. The van der Waals surface area contributed by atoms with E-state index >= 15 is 0 Å². The molecule has 0 unspecified atom stereocenters. The Morgan fingerprint density at radius 3 is 3.00 bits per heavy atom. The Bertz CT molecular complexity index is 825. The molecule has 0 saturated carbocycles. The second-order valence-corrected chi connectivity index (χ2v) is 7.69. The number of anilines is 1. The van der Waals surface area contributed by atoms with Crippen LogP contribution in [0.3, 0.4) is 0 Å². The Hall–Kier alpha value is -2.34. The third-order valence-electron chi connectivity index (χ3n) is 5.79. The minimum atomic E-state index is 0.275. The average Bonchev–Trinajstić information content (AvgIpc) is 3.30. The standard InChI is InChI=1S/C21H28N4O2/c1-15-5-4-9-25(15)21(26)14-24-10-7-16(13-24)23-20-12-17(27-2)11-19-18(20)6-3-8-22-19/h3,6,8,11-12,15-16,23H,4-5,7,9-10,13-14H2,1-2H3/t15-,16-/m1/s1. The summed E-state index contributed by atoms with van der Waals surface area (Å²) in [5.74, 6) is 1.08. The Kier molecular flexibility index (Phi) is 5.16. The number of methoxy groups -OCH3 is 1. The van der Waals surface area contributed by atoms with Crippen molar-refractivity contribution in [2.24, 2.45) is 0 Å². The van der Waals surface area contributed by atoms with Gasteiger partial charge in [0.15, 0.2) is 0 Å². The van der Waals surface area contributed by atoms with E-state index in [4.69, 9.17) is 4.74 Å². The van der Waals surface area contributed by atoms with Gasteiger partial charge >= 0.3 is 0 Å². The highest BCUT2D eigenvalue weighted by atomic mass is 16.5. The number of hydrogen-bond donors (Lipinski definition) is 1. The first kappa shape index (κ1) is 18.0. The fourth-order valence-electron chi connectivity index (χ4n) is 4.29. The predicted molar refractivity (Wildman–Crippen MR) is 107 cm³/mol. The molecule has 0 bridgehead atoms. The van der Waals surface area contributed by atoms with Crippen LogP contribution in [-0.2, 0) is 4.79 Å². The van der Waals surface area contributed by atoms with Crippen molar-refractivity contribution in [3.8, 4) is 5.75 Å². The molecule has 6 nitrogen and oxygen atoms in total. The van der Waals surface area contributed by atoms with Crippen molar-refractivity contribution in [1.82, 2.24) is 14.8 Å². The van der Waals surface area contributed by atoms with Gasteiger partial charge < -0.3 is 15.0 Å². The van der Waals surface area contributed by atoms with Crippen LogP contribution in [0.25, 0.3) is 10.9 Å². The smallest absolute Gasteiger partial charge is 0.236 e. The SMILES string of the molecule is COc1cc(N[C@@H]2CCN(CC(=O)N3CCC[C@H]3C)C2)c2cccnc2c1. The highest BCUT2D eigenvalue weighted by Gasteiger charge is 2.29. The zero-order chi connectivity index (χ0) is 18.8. The van der Waals surface area contributed by atoms with Crippen molar-refractivity contribution < 1.29 is 9.53 Å². The number of rotatable bonds is 5. The molecule has 6 heteroatoms. The number of benzene rings is 1. The number of hydrogen-bond acceptors (Lipinski definition) is 5. The molecule has 1 aromatic carbocycles. The molecule has 144 valence electrons. The number of amides is 1. The van der Waals surface area contributed by atoms with E-state index < -0.39 is 0 Å². The first-order chi connectivity index (χ1) is 13.1. The number of pyridine rings is 1. The Morgan fingerprint density at radius 2 is 2.22 bits per heavy atom. The second kappa shape index (κ2) is 7.72. The number of aromatic nitrogens is 1. The zero-order valence-corrected chi connectivity index (χ0v) is 16.1. The van der Waals surface area contributed by atoms with Gasteiger partial charge in [0, 0.05) is 61.1 Å². The Labute approximate surface area is 160 Å². The maximum absolute atomic E-state index is 12.6. The van der Waals surface area contributed by atoms with Crippen LogP contribution < -0.4 is 10.1 Å². The minimum absolute atomic E-state index is 0.275. The van der Waals surface area contributed by atoms with Crippen molar-refractivity contribution in [3.63, 3.8) is 0 Å². The fourth-order valence-corrected chi connectivity index (χ4v) is 4.29. The third kappa shape index (κ3) is 3.86. The highest BCUT2D eigenvalue weighted by Crippen LogP contribution is 2.29. The minimum Gasteiger partial charge on any atom is -0.497 e. The van der Waals surface area contributed by atoms with Gasteiger partial charge in [-0.1, -0.05) is 0 Å². The molecule has 2 aliphatic heterocycles. The first-order valence-electron chi connectivity index (χ1n) is 9.85. The van der Waals surface area contributed by atoms with Crippen LogP contribution in [-0.4, -0.2) is 66.1 Å². The molecular formula is C21H28N4O2. The highest BCUT2D eigenvalue weighted by molar-refractivity contribution is 5.92. The van der Waals surface area contributed by atoms with Gasteiger partial charge in [-0.3, -0.25) is 14.7 Å². The second-order valence-electron chi connectivity index (χ2n) is 7.69. The van der Waals surface area contributed by atoms with Crippen LogP contribution in [0.1, 0.15) is 26.2 Å². The molecule has 2 atom stereocenters. The lowest BCUT2D eigenvalue weighted by molar-refractivity contribution is -0.132. The summed E-state index contributed by atoms with van der Waals surface area (Å²) in [6.45, 7) is 5.43. The molecule has 2 aliphatic rings. The number of carbonyl (C=O) groups excluding carboxylic acids is 1. The van der Waals surface area contributed by atoms with Crippen molar-refractivity contribution >= 4 is 22.5 Å². The van der Waals surface area contributed by atoms with E-state index in [1.807, 2.05) is 23.1 Å². The van der Waals surface area contributed by atoms with E-state index in [-0.39, 0.29) is 5.91 Å². The molecule has 4 rings (SSSR count). The van der Waals surface area contributed by atoms with Crippen LogP contribution in [0.5, 0.6) is 5.75 Å². The number of likely N-dealkylation sites (tertiary alicyclic amines) is 2. The maximum atomic E-state index is 12.6. The summed E-state index contributed by atoms with van der Waals surface area (Å²) in [6, 6.07) is 8.74. The molecule has 27 heavy (non-hydrogen) atoms. The molecule has 3 heterocycles. The number of ether oxygens (including phenoxy) is 1. The monoisotopic (exact) mass is 368 g/mol. The number of nitrogens with zero attached hydrogens (tertiary/aromatic N) is 3.